The van der Waals surface area contributed by atoms with E-state index in [-0.39, 0.29) is 11.5 Å². The van der Waals surface area contributed by atoms with Crippen molar-refractivity contribution in [3.63, 3.8) is 0 Å². The number of amides is 1. The maximum Gasteiger partial charge on any atom is 0.293 e. The maximum absolute atomic E-state index is 12.0. The summed E-state index contributed by atoms with van der Waals surface area (Å²) in [7, 11) is 0. The lowest BCUT2D eigenvalue weighted by molar-refractivity contribution is -0.130. The van der Waals surface area contributed by atoms with Gasteiger partial charge in [0.05, 0.1) is 0 Å². The smallest absolute Gasteiger partial charge is 0.293 e. The molecule has 1 aromatic rings. The molecule has 1 N–H and O–H groups in total. The molecule has 1 heterocycles. The van der Waals surface area contributed by atoms with Crippen molar-refractivity contribution in [3.05, 3.63) is 22.7 Å². The second kappa shape index (κ2) is 8.35. The van der Waals surface area contributed by atoms with Crippen molar-refractivity contribution in [1.29, 1.82) is 0 Å². The fraction of sp³-hybridized carbons (Fsp3) is 0.643. The lowest BCUT2D eigenvalue weighted by atomic mass is 10.3. The van der Waals surface area contributed by atoms with Crippen LogP contribution in [-0.4, -0.2) is 40.0 Å². The van der Waals surface area contributed by atoms with Crippen LogP contribution in [0.25, 0.3) is 0 Å². The number of anilines is 1. The molecule has 1 rings (SSSR count). The van der Waals surface area contributed by atoms with Crippen molar-refractivity contribution < 1.29 is 4.79 Å². The highest BCUT2D eigenvalue weighted by Crippen LogP contribution is 1.97. The Morgan fingerprint density at radius 3 is 2.65 bits per heavy atom. The number of aryl methyl sites for hydroxylation is 1. The van der Waals surface area contributed by atoms with Crippen molar-refractivity contribution in [1.82, 2.24) is 14.5 Å². The summed E-state index contributed by atoms with van der Waals surface area (Å²) in [6.07, 6.45) is 4.54. The van der Waals surface area contributed by atoms with Crippen molar-refractivity contribution in [3.8, 4) is 0 Å². The van der Waals surface area contributed by atoms with Crippen molar-refractivity contribution in [2.45, 2.75) is 40.2 Å². The SMILES string of the molecule is CCCn1ccnc(NCCC(=O)N(CC)CC)c1=O. The number of nitrogens with zero attached hydrogens (tertiary/aromatic N) is 3. The quantitative estimate of drug-likeness (QED) is 0.780. The maximum atomic E-state index is 12.0. The van der Waals surface area contributed by atoms with Gasteiger partial charge in [-0.1, -0.05) is 6.92 Å². The standard InChI is InChI=1S/C14H24N4O2/c1-4-10-18-11-9-16-13(14(18)20)15-8-7-12(19)17(5-2)6-3/h9,11H,4-8,10H2,1-3H3,(H,15,16). The highest BCUT2D eigenvalue weighted by Gasteiger charge is 2.10. The molecule has 6 heteroatoms. The van der Waals surface area contributed by atoms with Gasteiger partial charge < -0.3 is 14.8 Å². The molecule has 0 saturated heterocycles. The largest absolute Gasteiger partial charge is 0.365 e. The van der Waals surface area contributed by atoms with Crippen LogP contribution in [0.5, 0.6) is 0 Å². The van der Waals surface area contributed by atoms with Crippen molar-refractivity contribution in [2.24, 2.45) is 0 Å². The van der Waals surface area contributed by atoms with Gasteiger partial charge in [0.25, 0.3) is 5.56 Å². The first-order chi connectivity index (χ1) is 9.63. The van der Waals surface area contributed by atoms with Gasteiger partial charge in [-0.05, 0) is 20.3 Å². The predicted molar refractivity (Wildman–Crippen MR) is 79.8 cm³/mol. The van der Waals surface area contributed by atoms with E-state index in [0.717, 1.165) is 6.42 Å². The molecule has 0 bridgehead atoms. The minimum absolute atomic E-state index is 0.0901. The van der Waals surface area contributed by atoms with E-state index in [2.05, 4.69) is 10.3 Å². The summed E-state index contributed by atoms with van der Waals surface area (Å²) in [6.45, 7) is 8.45. The summed E-state index contributed by atoms with van der Waals surface area (Å²) in [5.41, 5.74) is -0.135. The molecule has 6 nitrogen and oxygen atoms in total. The Bertz CT molecular complexity index is 480. The van der Waals surface area contributed by atoms with Gasteiger partial charge in [0.15, 0.2) is 5.82 Å². The van der Waals surface area contributed by atoms with Gasteiger partial charge in [-0.15, -0.1) is 0 Å². The third-order valence-electron chi connectivity index (χ3n) is 3.13. The minimum Gasteiger partial charge on any atom is -0.365 e. The third-order valence-corrected chi connectivity index (χ3v) is 3.13. The van der Waals surface area contributed by atoms with Crippen LogP contribution in [0.15, 0.2) is 17.2 Å². The summed E-state index contributed by atoms with van der Waals surface area (Å²) in [5.74, 6) is 0.403. The van der Waals surface area contributed by atoms with Crippen LogP contribution in [-0.2, 0) is 11.3 Å². The first kappa shape index (κ1) is 16.2. The number of aromatic nitrogens is 2. The highest BCUT2D eigenvalue weighted by atomic mass is 16.2. The van der Waals surface area contributed by atoms with Crippen molar-refractivity contribution >= 4 is 11.7 Å². The average molecular weight is 280 g/mol. The Labute approximate surface area is 119 Å². The molecule has 1 aromatic heterocycles. The lowest BCUT2D eigenvalue weighted by Crippen LogP contribution is -2.32. The van der Waals surface area contributed by atoms with E-state index in [1.54, 1.807) is 21.9 Å². The Morgan fingerprint density at radius 2 is 2.05 bits per heavy atom. The zero-order valence-corrected chi connectivity index (χ0v) is 12.6. The molecule has 0 spiro atoms. The number of hydrogen-bond acceptors (Lipinski definition) is 4. The molecule has 0 aliphatic rings. The topological polar surface area (TPSA) is 67.2 Å². The van der Waals surface area contributed by atoms with Gasteiger partial charge in [-0.3, -0.25) is 9.59 Å². The molecule has 0 fully saturated rings. The molecule has 0 atom stereocenters. The number of carbonyl (C=O) groups excluding carboxylic acids is 1. The van der Waals surface area contributed by atoms with Crippen LogP contribution in [0.1, 0.15) is 33.6 Å². The number of carbonyl (C=O) groups is 1. The van der Waals surface area contributed by atoms with E-state index >= 15 is 0 Å². The van der Waals surface area contributed by atoms with Crippen LogP contribution in [0.2, 0.25) is 0 Å². The van der Waals surface area contributed by atoms with E-state index in [4.69, 9.17) is 0 Å². The van der Waals surface area contributed by atoms with E-state index in [0.29, 0.717) is 38.4 Å². The second-order valence-corrected chi connectivity index (χ2v) is 4.52. The molecule has 112 valence electrons. The summed E-state index contributed by atoms with van der Waals surface area (Å²) < 4.78 is 1.63. The summed E-state index contributed by atoms with van der Waals surface area (Å²) >= 11 is 0. The van der Waals surface area contributed by atoms with Crippen LogP contribution in [0.3, 0.4) is 0 Å². The lowest BCUT2D eigenvalue weighted by Gasteiger charge is -2.18. The Morgan fingerprint density at radius 1 is 1.35 bits per heavy atom. The van der Waals surface area contributed by atoms with Gasteiger partial charge in [0, 0.05) is 45.0 Å². The summed E-state index contributed by atoms with van der Waals surface area (Å²) in [5, 5.41) is 2.95. The van der Waals surface area contributed by atoms with Gasteiger partial charge in [0.1, 0.15) is 0 Å². The van der Waals surface area contributed by atoms with Gasteiger partial charge in [-0.25, -0.2) is 4.98 Å². The molecule has 1 amide bonds. The average Bonchev–Trinajstić information content (AvgIpc) is 2.44. The van der Waals surface area contributed by atoms with E-state index < -0.39 is 0 Å². The fourth-order valence-corrected chi connectivity index (χ4v) is 2.01. The molecule has 20 heavy (non-hydrogen) atoms. The van der Waals surface area contributed by atoms with Crippen LogP contribution < -0.4 is 10.9 Å². The third kappa shape index (κ3) is 4.36. The predicted octanol–water partition coefficient (Wildman–Crippen LogP) is 1.32. The van der Waals surface area contributed by atoms with Crippen LogP contribution in [0, 0.1) is 0 Å². The Hall–Kier alpha value is -1.85. The first-order valence-electron chi connectivity index (χ1n) is 7.21. The molecule has 0 aliphatic carbocycles. The fourth-order valence-electron chi connectivity index (χ4n) is 2.01. The second-order valence-electron chi connectivity index (χ2n) is 4.52. The van der Waals surface area contributed by atoms with Crippen LogP contribution in [0.4, 0.5) is 5.82 Å². The van der Waals surface area contributed by atoms with Crippen molar-refractivity contribution in [2.75, 3.05) is 25.0 Å². The van der Waals surface area contributed by atoms with E-state index in [1.165, 1.54) is 0 Å². The van der Waals surface area contributed by atoms with Gasteiger partial charge in [-0.2, -0.15) is 0 Å². The van der Waals surface area contributed by atoms with E-state index in [1.807, 2.05) is 20.8 Å². The normalized spacial score (nSPS) is 10.3. The number of rotatable bonds is 8. The summed E-state index contributed by atoms with van der Waals surface area (Å²) in [4.78, 5) is 29.7. The first-order valence-corrected chi connectivity index (χ1v) is 7.21. The van der Waals surface area contributed by atoms with Crippen LogP contribution >= 0.6 is 0 Å². The molecule has 0 aliphatic heterocycles. The van der Waals surface area contributed by atoms with Gasteiger partial charge >= 0.3 is 0 Å². The number of hydrogen-bond donors (Lipinski definition) is 1. The van der Waals surface area contributed by atoms with Gasteiger partial charge in [0.2, 0.25) is 5.91 Å². The Balaban J connectivity index is 2.56. The van der Waals surface area contributed by atoms with E-state index in [9.17, 15) is 9.59 Å². The Kier molecular flexibility index (Phi) is 6.76. The minimum atomic E-state index is -0.135. The zero-order chi connectivity index (χ0) is 15.0. The molecule has 0 radical (unpaired) electrons. The molecule has 0 unspecified atom stereocenters. The highest BCUT2D eigenvalue weighted by molar-refractivity contribution is 5.76. The summed E-state index contributed by atoms with van der Waals surface area (Å²) in [6, 6.07) is 0. The number of nitrogens with one attached hydrogen (secondary N) is 1. The zero-order valence-electron chi connectivity index (χ0n) is 12.6. The molecular weight excluding hydrogens is 256 g/mol. The monoisotopic (exact) mass is 280 g/mol. The molecule has 0 aromatic carbocycles. The molecular formula is C14H24N4O2. The molecule has 0 saturated carbocycles.